The summed E-state index contributed by atoms with van der Waals surface area (Å²) in [4.78, 5) is 8.06. The van der Waals surface area contributed by atoms with Gasteiger partial charge in [-0.25, -0.2) is 0 Å². The topological polar surface area (TPSA) is 21.6 Å². The number of allylic oxidation sites excluding steroid dienone is 1. The fourth-order valence-corrected chi connectivity index (χ4v) is 0.595. The van der Waals surface area contributed by atoms with E-state index in [1.54, 1.807) is 6.26 Å². The highest BCUT2D eigenvalue weighted by Gasteiger charge is 1.78. The Morgan fingerprint density at radius 1 is 1.83 bits per heavy atom. The summed E-state index contributed by atoms with van der Waals surface area (Å²) in [6.45, 7) is 0. The second kappa shape index (κ2) is 1.93. The lowest BCUT2D eigenvalue weighted by Crippen LogP contribution is -1.69. The molecule has 3 heteroatoms. The Hall–Kier alpha value is -0.360. The Kier molecular flexibility index (Phi) is 1.23. The normalized spacial score (nSPS) is 20.0. The first kappa shape index (κ1) is 3.82. The van der Waals surface area contributed by atoms with Crippen molar-refractivity contribution in [3.8, 4) is 0 Å². The maximum atomic E-state index is 4.50. The largest absolute Gasteiger partial charge is 0.361 e. The van der Waals surface area contributed by atoms with Crippen molar-refractivity contribution in [2.45, 2.75) is 0 Å². The van der Waals surface area contributed by atoms with Gasteiger partial charge in [-0.2, -0.15) is 0 Å². The lowest BCUT2D eigenvalue weighted by Gasteiger charge is -1.88. The number of hydrogen-bond acceptors (Lipinski definition) is 2. The van der Waals surface area contributed by atoms with Crippen LogP contribution in [0.25, 0.3) is 0 Å². The molecule has 0 spiro atoms. The van der Waals surface area contributed by atoms with Crippen LogP contribution in [0.2, 0.25) is 0 Å². The molecule has 0 unspecified atom stereocenters. The van der Waals surface area contributed by atoms with E-state index in [9.17, 15) is 0 Å². The summed E-state index contributed by atoms with van der Waals surface area (Å²) in [5, 5.41) is 0. The van der Waals surface area contributed by atoms with Gasteiger partial charge in [0.05, 0.1) is 8.37 Å². The van der Waals surface area contributed by atoms with Gasteiger partial charge in [0, 0.05) is 6.16 Å². The SMILES string of the molecule is C1=CON=PC1. The van der Waals surface area contributed by atoms with Crippen molar-refractivity contribution in [1.29, 1.82) is 0 Å². The molecular weight excluding hydrogens is 97.0 g/mol. The summed E-state index contributed by atoms with van der Waals surface area (Å²) in [5.74, 6) is 0. The number of hydrogen-bond donors (Lipinski definition) is 0. The predicted octanol–water partition coefficient (Wildman–Crippen LogP) is 1.58. The molecule has 32 valence electrons. The van der Waals surface area contributed by atoms with E-state index in [-0.39, 0.29) is 0 Å². The average molecular weight is 101 g/mol. The molecule has 1 aliphatic heterocycles. The van der Waals surface area contributed by atoms with Crippen LogP contribution < -0.4 is 0 Å². The second-order valence-electron chi connectivity index (χ2n) is 0.883. The fraction of sp³-hybridized carbons (Fsp3) is 0.333. The van der Waals surface area contributed by atoms with Crippen LogP contribution in [-0.2, 0) is 4.84 Å². The standard InChI is InChI=1S/C3H4NOP/c1-2-5-4-6-3-1/h1-2H,3H2. The van der Waals surface area contributed by atoms with Gasteiger partial charge in [0.25, 0.3) is 0 Å². The minimum atomic E-state index is 1.00. The molecule has 6 heavy (non-hydrogen) atoms. The third kappa shape index (κ3) is 0.798. The molecule has 1 rings (SSSR count). The van der Waals surface area contributed by atoms with Gasteiger partial charge in [-0.1, -0.05) is 4.91 Å². The highest BCUT2D eigenvalue weighted by molar-refractivity contribution is 7.26. The first-order valence-corrected chi connectivity index (χ1v) is 2.71. The van der Waals surface area contributed by atoms with E-state index < -0.39 is 0 Å². The lowest BCUT2D eigenvalue weighted by atomic mass is 10.7. The summed E-state index contributed by atoms with van der Waals surface area (Å²) >= 11 is 0. The molecule has 0 aromatic carbocycles. The van der Waals surface area contributed by atoms with Crippen LogP contribution in [0.4, 0.5) is 0 Å². The summed E-state index contributed by atoms with van der Waals surface area (Å²) in [6.07, 6.45) is 4.53. The van der Waals surface area contributed by atoms with Crippen molar-refractivity contribution in [3.05, 3.63) is 12.3 Å². The van der Waals surface area contributed by atoms with Gasteiger partial charge >= 0.3 is 0 Å². The van der Waals surface area contributed by atoms with Gasteiger partial charge in [-0.05, 0) is 6.08 Å². The molecule has 0 aliphatic carbocycles. The molecule has 0 N–H and O–H groups in total. The Morgan fingerprint density at radius 2 is 2.83 bits per heavy atom. The van der Waals surface area contributed by atoms with Crippen molar-refractivity contribution in [1.82, 2.24) is 0 Å². The zero-order chi connectivity index (χ0) is 4.24. The first-order valence-electron chi connectivity index (χ1n) is 1.68. The maximum Gasteiger partial charge on any atom is 0.119 e. The van der Waals surface area contributed by atoms with Gasteiger partial charge in [-0.3, -0.25) is 0 Å². The zero-order valence-corrected chi connectivity index (χ0v) is 4.06. The molecule has 1 heterocycles. The molecule has 0 saturated carbocycles. The van der Waals surface area contributed by atoms with E-state index in [1.807, 2.05) is 6.08 Å². The van der Waals surface area contributed by atoms with E-state index in [0.717, 1.165) is 14.5 Å². The number of rotatable bonds is 0. The molecule has 0 fully saturated rings. The van der Waals surface area contributed by atoms with E-state index in [2.05, 4.69) is 9.75 Å². The van der Waals surface area contributed by atoms with Crippen molar-refractivity contribution in [2.24, 2.45) is 4.91 Å². The minimum absolute atomic E-state index is 1.00. The molecule has 0 atom stereocenters. The quantitative estimate of drug-likeness (QED) is 0.424. The van der Waals surface area contributed by atoms with E-state index in [0.29, 0.717) is 0 Å². The molecule has 0 aromatic heterocycles. The summed E-state index contributed by atoms with van der Waals surface area (Å²) < 4.78 is 0. The Bertz CT molecular complexity index is 68.8. The van der Waals surface area contributed by atoms with Crippen molar-refractivity contribution in [2.75, 3.05) is 6.16 Å². The van der Waals surface area contributed by atoms with Crippen molar-refractivity contribution in [3.63, 3.8) is 0 Å². The molecule has 0 amide bonds. The third-order valence-corrected chi connectivity index (χ3v) is 1.03. The number of nitrogens with zero attached hydrogens (tertiary/aromatic N) is 1. The molecule has 0 saturated heterocycles. The molecule has 2 nitrogen and oxygen atoms in total. The zero-order valence-electron chi connectivity index (χ0n) is 3.16. The average Bonchev–Trinajstić information content (AvgIpc) is 1.72. The van der Waals surface area contributed by atoms with Crippen LogP contribution in [0.5, 0.6) is 0 Å². The Morgan fingerprint density at radius 3 is 3.00 bits per heavy atom. The maximum absolute atomic E-state index is 4.50. The highest BCUT2D eigenvalue weighted by atomic mass is 31.1. The van der Waals surface area contributed by atoms with Crippen molar-refractivity contribution >= 4 is 8.37 Å². The van der Waals surface area contributed by atoms with Gasteiger partial charge in [0.15, 0.2) is 0 Å². The monoisotopic (exact) mass is 101 g/mol. The fourth-order valence-electron chi connectivity index (χ4n) is 0.227. The second-order valence-corrected chi connectivity index (χ2v) is 1.69. The highest BCUT2D eigenvalue weighted by Crippen LogP contribution is 2.04. The molecule has 0 radical (unpaired) electrons. The van der Waals surface area contributed by atoms with E-state index in [4.69, 9.17) is 0 Å². The van der Waals surface area contributed by atoms with Gasteiger partial charge < -0.3 is 4.84 Å². The summed E-state index contributed by atoms with van der Waals surface area (Å²) in [6, 6.07) is 0. The molecular formula is C3H4NOP. The van der Waals surface area contributed by atoms with Crippen molar-refractivity contribution < 1.29 is 4.84 Å². The summed E-state index contributed by atoms with van der Waals surface area (Å²) in [7, 11) is 1.01. The van der Waals surface area contributed by atoms with Crippen LogP contribution in [0.1, 0.15) is 0 Å². The van der Waals surface area contributed by atoms with Gasteiger partial charge in [0.2, 0.25) is 0 Å². The Labute approximate surface area is 37.7 Å². The molecule has 0 bridgehead atoms. The predicted molar refractivity (Wildman–Crippen MR) is 24.4 cm³/mol. The minimum Gasteiger partial charge on any atom is -0.361 e. The van der Waals surface area contributed by atoms with Crippen LogP contribution in [0.3, 0.4) is 0 Å². The smallest absolute Gasteiger partial charge is 0.119 e. The van der Waals surface area contributed by atoms with E-state index >= 15 is 0 Å². The molecule has 0 aromatic rings. The van der Waals surface area contributed by atoms with Crippen LogP contribution in [0, 0.1) is 0 Å². The van der Waals surface area contributed by atoms with Crippen LogP contribution >= 0.6 is 8.37 Å². The van der Waals surface area contributed by atoms with Gasteiger partial charge in [0.1, 0.15) is 6.26 Å². The van der Waals surface area contributed by atoms with Gasteiger partial charge in [-0.15, -0.1) is 0 Å². The Balaban J connectivity index is 2.40. The third-order valence-electron chi connectivity index (χ3n) is 0.449. The molecule has 1 aliphatic rings. The summed E-state index contributed by atoms with van der Waals surface area (Å²) in [5.41, 5.74) is 0. The van der Waals surface area contributed by atoms with Crippen LogP contribution in [-0.4, -0.2) is 6.16 Å². The van der Waals surface area contributed by atoms with E-state index in [1.165, 1.54) is 0 Å². The van der Waals surface area contributed by atoms with Crippen LogP contribution in [0.15, 0.2) is 17.2 Å². The first-order chi connectivity index (χ1) is 3.00. The lowest BCUT2D eigenvalue weighted by molar-refractivity contribution is 0.273.